The number of pyridine rings is 1. The Hall–Kier alpha value is -1.10. The molecular formula is C15H20N2OS. The van der Waals surface area contributed by atoms with Gasteiger partial charge >= 0.3 is 0 Å². The summed E-state index contributed by atoms with van der Waals surface area (Å²) in [5, 5.41) is 1.11. The fourth-order valence-electron chi connectivity index (χ4n) is 1.88. The van der Waals surface area contributed by atoms with Crippen molar-refractivity contribution in [1.82, 2.24) is 9.71 Å². The second-order valence-corrected chi connectivity index (χ2v) is 7.64. The minimum atomic E-state index is -1.09. The first-order valence-corrected chi connectivity index (χ1v) is 7.56. The van der Waals surface area contributed by atoms with Crippen LogP contribution in [0.5, 0.6) is 0 Å². The van der Waals surface area contributed by atoms with Crippen molar-refractivity contribution in [3.8, 4) is 0 Å². The predicted octanol–water partition coefficient (Wildman–Crippen LogP) is 3.35. The highest BCUT2D eigenvalue weighted by Crippen LogP contribution is 2.24. The van der Waals surface area contributed by atoms with Crippen molar-refractivity contribution in [2.75, 3.05) is 0 Å². The normalized spacial score (nSPS) is 15.4. The van der Waals surface area contributed by atoms with Crippen molar-refractivity contribution in [2.24, 2.45) is 0 Å². The highest BCUT2D eigenvalue weighted by molar-refractivity contribution is 7.90. The number of hydrogen-bond acceptors (Lipinski definition) is 3. The van der Waals surface area contributed by atoms with Gasteiger partial charge in [0, 0.05) is 22.9 Å². The van der Waals surface area contributed by atoms with Gasteiger partial charge in [-0.25, -0.2) is 0 Å². The lowest BCUT2D eigenvalue weighted by Crippen LogP contribution is -2.40. The fraction of sp³-hybridized carbons (Fsp3) is 0.400. The summed E-state index contributed by atoms with van der Waals surface area (Å²) in [6.45, 7) is 7.91. The Bertz CT molecular complexity index is 560. The molecule has 1 heterocycles. The molecule has 0 radical (unpaired) electrons. The second kappa shape index (κ2) is 5.49. The third kappa shape index (κ3) is 3.26. The quantitative estimate of drug-likeness (QED) is 0.875. The smallest absolute Gasteiger partial charge is 0.136 e. The molecule has 2 atom stereocenters. The molecule has 0 saturated carbocycles. The molecule has 0 saturated heterocycles. The molecule has 0 spiro atoms. The highest BCUT2D eigenvalue weighted by atomic mass is 32.2. The molecule has 0 amide bonds. The van der Waals surface area contributed by atoms with E-state index in [9.17, 15) is 4.55 Å². The standard InChI is InChI=1S/C15H20N2OS/c1-11(17-19(18)15(2,3)4)13-9-5-7-12-8-6-10-16-14(12)13/h5-11,17H,1-4H3/t11?,19-/m1/s1. The Balaban J connectivity index is 2.29. The molecule has 19 heavy (non-hydrogen) atoms. The molecule has 0 aliphatic rings. The molecule has 2 rings (SSSR count). The van der Waals surface area contributed by atoms with Gasteiger partial charge in [-0.1, -0.05) is 24.3 Å². The van der Waals surface area contributed by atoms with E-state index in [-0.39, 0.29) is 10.8 Å². The zero-order valence-electron chi connectivity index (χ0n) is 11.8. The van der Waals surface area contributed by atoms with Gasteiger partial charge in [0.05, 0.1) is 11.6 Å². The number of benzene rings is 1. The summed E-state index contributed by atoms with van der Waals surface area (Å²) in [6, 6.07) is 10.1. The van der Waals surface area contributed by atoms with Crippen LogP contribution in [-0.2, 0) is 11.4 Å². The summed E-state index contributed by atoms with van der Waals surface area (Å²) in [7, 11) is 0. The number of nitrogens with zero attached hydrogens (tertiary/aromatic N) is 1. The molecule has 1 unspecified atom stereocenters. The van der Waals surface area contributed by atoms with Crippen molar-refractivity contribution in [1.29, 1.82) is 0 Å². The van der Waals surface area contributed by atoms with Crippen molar-refractivity contribution in [2.45, 2.75) is 38.5 Å². The maximum Gasteiger partial charge on any atom is 0.136 e. The first-order valence-electron chi connectivity index (χ1n) is 6.41. The first kappa shape index (κ1) is 14.3. The molecule has 1 N–H and O–H groups in total. The maximum atomic E-state index is 12.2. The van der Waals surface area contributed by atoms with Gasteiger partial charge in [-0.3, -0.25) is 4.98 Å². The third-order valence-electron chi connectivity index (χ3n) is 2.97. The monoisotopic (exact) mass is 276 g/mol. The molecule has 102 valence electrons. The molecular weight excluding hydrogens is 256 g/mol. The van der Waals surface area contributed by atoms with Crippen LogP contribution in [0, 0.1) is 0 Å². The van der Waals surface area contributed by atoms with Crippen LogP contribution in [0.4, 0.5) is 0 Å². The van der Waals surface area contributed by atoms with E-state index in [0.29, 0.717) is 0 Å². The van der Waals surface area contributed by atoms with Gasteiger partial charge in [0.2, 0.25) is 0 Å². The summed E-state index contributed by atoms with van der Waals surface area (Å²) in [6.07, 6.45) is 1.79. The van der Waals surface area contributed by atoms with Gasteiger partial charge in [0.15, 0.2) is 0 Å². The lowest BCUT2D eigenvalue weighted by atomic mass is 10.1. The molecule has 4 heteroatoms. The summed E-state index contributed by atoms with van der Waals surface area (Å²) in [5.41, 5.74) is 2.05. The van der Waals surface area contributed by atoms with E-state index >= 15 is 0 Å². The van der Waals surface area contributed by atoms with Crippen molar-refractivity contribution in [3.63, 3.8) is 0 Å². The molecule has 0 aliphatic carbocycles. The van der Waals surface area contributed by atoms with E-state index in [2.05, 4.69) is 9.71 Å². The summed E-state index contributed by atoms with van der Waals surface area (Å²) < 4.78 is 15.1. The topological polar surface area (TPSA) is 48.0 Å². The van der Waals surface area contributed by atoms with Crippen LogP contribution < -0.4 is 4.72 Å². The number of fused-ring (bicyclic) bond motifs is 1. The summed E-state index contributed by atoms with van der Waals surface area (Å²) in [5.74, 6) is 0. The van der Waals surface area contributed by atoms with Crippen LogP contribution in [0.2, 0.25) is 0 Å². The van der Waals surface area contributed by atoms with E-state index in [1.54, 1.807) is 6.20 Å². The zero-order valence-corrected chi connectivity index (χ0v) is 12.6. The van der Waals surface area contributed by atoms with E-state index in [0.717, 1.165) is 16.5 Å². The van der Waals surface area contributed by atoms with Crippen LogP contribution in [0.1, 0.15) is 39.3 Å². The van der Waals surface area contributed by atoms with Gasteiger partial charge in [-0.2, -0.15) is 0 Å². The SMILES string of the molecule is CC(N[S@+]([O-])C(C)(C)C)c1cccc2cccnc12. The zero-order chi connectivity index (χ0) is 14.0. The van der Waals surface area contributed by atoms with Crippen LogP contribution in [0.15, 0.2) is 36.5 Å². The predicted molar refractivity (Wildman–Crippen MR) is 81.2 cm³/mol. The number of nitrogens with one attached hydrogen (secondary N) is 1. The van der Waals surface area contributed by atoms with E-state index in [4.69, 9.17) is 0 Å². The molecule has 1 aromatic heterocycles. The van der Waals surface area contributed by atoms with Crippen LogP contribution in [0.3, 0.4) is 0 Å². The van der Waals surface area contributed by atoms with Crippen molar-refractivity contribution < 1.29 is 4.55 Å². The second-order valence-electron chi connectivity index (χ2n) is 5.64. The van der Waals surface area contributed by atoms with Gasteiger partial charge in [0.25, 0.3) is 0 Å². The van der Waals surface area contributed by atoms with Crippen LogP contribution >= 0.6 is 0 Å². The van der Waals surface area contributed by atoms with Crippen LogP contribution in [0.25, 0.3) is 10.9 Å². The van der Waals surface area contributed by atoms with Gasteiger partial charge in [-0.05, 0) is 39.3 Å². The maximum absolute atomic E-state index is 12.2. The average molecular weight is 276 g/mol. The Kier molecular flexibility index (Phi) is 4.13. The molecule has 3 nitrogen and oxygen atoms in total. The fourth-order valence-corrected chi connectivity index (χ4v) is 2.68. The average Bonchev–Trinajstić information content (AvgIpc) is 2.36. The number of rotatable bonds is 3. The minimum Gasteiger partial charge on any atom is -0.598 e. The lowest BCUT2D eigenvalue weighted by molar-refractivity contribution is 0.531. The van der Waals surface area contributed by atoms with E-state index < -0.39 is 11.4 Å². The minimum absolute atomic E-state index is 0.00124. The third-order valence-corrected chi connectivity index (χ3v) is 4.65. The Labute approximate surface area is 117 Å². The Morgan fingerprint density at radius 1 is 1.21 bits per heavy atom. The Morgan fingerprint density at radius 3 is 2.58 bits per heavy atom. The van der Waals surface area contributed by atoms with Crippen molar-refractivity contribution in [3.05, 3.63) is 42.1 Å². The van der Waals surface area contributed by atoms with E-state index in [1.165, 1.54) is 0 Å². The van der Waals surface area contributed by atoms with Gasteiger partial charge < -0.3 is 4.55 Å². The number of aromatic nitrogens is 1. The number of hydrogen-bond donors (Lipinski definition) is 1. The summed E-state index contributed by atoms with van der Waals surface area (Å²) in [4.78, 5) is 4.43. The molecule has 0 aliphatic heterocycles. The molecule has 2 aromatic rings. The number of para-hydroxylation sites is 1. The first-order chi connectivity index (χ1) is 8.89. The molecule has 0 bridgehead atoms. The van der Waals surface area contributed by atoms with Gasteiger partial charge in [0.1, 0.15) is 4.75 Å². The molecule has 1 aromatic carbocycles. The summed E-state index contributed by atoms with van der Waals surface area (Å²) >= 11 is -1.09. The largest absolute Gasteiger partial charge is 0.598 e. The molecule has 0 fully saturated rings. The highest BCUT2D eigenvalue weighted by Gasteiger charge is 2.28. The van der Waals surface area contributed by atoms with Crippen molar-refractivity contribution >= 4 is 22.3 Å². The van der Waals surface area contributed by atoms with Crippen LogP contribution in [-0.4, -0.2) is 14.3 Å². The van der Waals surface area contributed by atoms with Gasteiger partial charge in [-0.15, -0.1) is 4.72 Å². The Morgan fingerprint density at radius 2 is 1.89 bits per heavy atom. The van der Waals surface area contributed by atoms with E-state index in [1.807, 2.05) is 58.0 Å². The lowest BCUT2D eigenvalue weighted by Gasteiger charge is -2.26.